The molecule has 1 aliphatic rings. The van der Waals surface area contributed by atoms with Crippen LogP contribution in [-0.2, 0) is 4.79 Å². The molecular formula is C13H19ClN2O2S. The molecule has 1 aromatic heterocycles. The van der Waals surface area contributed by atoms with Gasteiger partial charge < -0.3 is 10.2 Å². The van der Waals surface area contributed by atoms with E-state index in [9.17, 15) is 9.59 Å². The fraction of sp³-hybridized carbons (Fsp3) is 0.538. The van der Waals surface area contributed by atoms with Gasteiger partial charge in [-0.2, -0.15) is 0 Å². The normalized spacial score (nSPS) is 17.8. The first-order chi connectivity index (χ1) is 8.68. The first-order valence-electron chi connectivity index (χ1n) is 6.21. The molecule has 6 heteroatoms. The number of nitrogens with one attached hydrogen (secondary N) is 1. The first kappa shape index (κ1) is 16.1. The summed E-state index contributed by atoms with van der Waals surface area (Å²) in [6, 6.07) is 3.95. The van der Waals surface area contributed by atoms with E-state index in [2.05, 4.69) is 5.32 Å². The van der Waals surface area contributed by atoms with Crippen LogP contribution < -0.4 is 5.32 Å². The Kier molecular flexibility index (Phi) is 6.48. The van der Waals surface area contributed by atoms with Gasteiger partial charge in [0.25, 0.3) is 0 Å². The zero-order chi connectivity index (χ0) is 13.0. The maximum atomic E-state index is 12.0. The third kappa shape index (κ3) is 4.30. The maximum Gasteiger partial charge on any atom is 0.223 e. The minimum absolute atomic E-state index is 0. The monoisotopic (exact) mass is 302 g/mol. The van der Waals surface area contributed by atoms with Crippen LogP contribution in [0.5, 0.6) is 0 Å². The number of Topliss-reactive ketones (excluding diaryl/α,β-unsaturated/α-hetero) is 1. The van der Waals surface area contributed by atoms with E-state index in [0.717, 1.165) is 24.4 Å². The highest BCUT2D eigenvalue weighted by Crippen LogP contribution is 2.14. The van der Waals surface area contributed by atoms with Gasteiger partial charge in [0.1, 0.15) is 0 Å². The quantitative estimate of drug-likeness (QED) is 0.846. The lowest BCUT2D eigenvalue weighted by Crippen LogP contribution is -2.38. The molecular weight excluding hydrogens is 284 g/mol. The molecule has 1 N–H and O–H groups in total. The number of rotatable bonds is 5. The van der Waals surface area contributed by atoms with Crippen molar-refractivity contribution in [2.75, 3.05) is 20.1 Å². The lowest BCUT2D eigenvalue weighted by Gasteiger charge is -2.23. The zero-order valence-electron chi connectivity index (χ0n) is 10.9. The molecule has 0 aromatic carbocycles. The van der Waals surface area contributed by atoms with Crippen molar-refractivity contribution in [1.82, 2.24) is 10.2 Å². The summed E-state index contributed by atoms with van der Waals surface area (Å²) < 4.78 is 0. The molecule has 1 aromatic rings. The van der Waals surface area contributed by atoms with Crippen molar-refractivity contribution in [2.45, 2.75) is 25.3 Å². The molecule has 1 amide bonds. The number of ketones is 1. The van der Waals surface area contributed by atoms with E-state index < -0.39 is 0 Å². The summed E-state index contributed by atoms with van der Waals surface area (Å²) >= 11 is 1.43. The van der Waals surface area contributed by atoms with E-state index >= 15 is 0 Å². The third-order valence-corrected chi connectivity index (χ3v) is 4.25. The Labute approximate surface area is 123 Å². The molecule has 1 aliphatic heterocycles. The molecule has 19 heavy (non-hydrogen) atoms. The van der Waals surface area contributed by atoms with Gasteiger partial charge in [-0.15, -0.1) is 23.7 Å². The second-order valence-electron chi connectivity index (χ2n) is 4.55. The summed E-state index contributed by atoms with van der Waals surface area (Å²) in [4.78, 5) is 26.3. The fourth-order valence-electron chi connectivity index (χ4n) is 2.13. The number of carbonyl (C=O) groups is 2. The van der Waals surface area contributed by atoms with Crippen LogP contribution in [0.2, 0.25) is 0 Å². The minimum atomic E-state index is 0. The molecule has 4 nitrogen and oxygen atoms in total. The number of halogens is 1. The third-order valence-electron chi connectivity index (χ3n) is 3.34. The average Bonchev–Trinajstić information content (AvgIpc) is 3.05. The number of hydrogen-bond donors (Lipinski definition) is 1. The van der Waals surface area contributed by atoms with Gasteiger partial charge in [0.05, 0.1) is 4.88 Å². The van der Waals surface area contributed by atoms with Crippen LogP contribution in [0.25, 0.3) is 0 Å². The van der Waals surface area contributed by atoms with Crippen LogP contribution >= 0.6 is 23.7 Å². The van der Waals surface area contributed by atoms with Crippen molar-refractivity contribution >= 4 is 35.4 Å². The van der Waals surface area contributed by atoms with Crippen LogP contribution in [0.4, 0.5) is 0 Å². The highest BCUT2D eigenvalue weighted by atomic mass is 35.5. The molecule has 0 bridgehead atoms. The molecule has 1 saturated heterocycles. The summed E-state index contributed by atoms with van der Waals surface area (Å²) in [6.45, 7) is 1.83. The lowest BCUT2D eigenvalue weighted by molar-refractivity contribution is -0.131. The van der Waals surface area contributed by atoms with Crippen LogP contribution in [0.3, 0.4) is 0 Å². The largest absolute Gasteiger partial charge is 0.341 e. The van der Waals surface area contributed by atoms with E-state index in [1.54, 1.807) is 4.90 Å². The van der Waals surface area contributed by atoms with E-state index in [1.165, 1.54) is 11.3 Å². The van der Waals surface area contributed by atoms with Gasteiger partial charge in [0, 0.05) is 32.5 Å². The lowest BCUT2D eigenvalue weighted by atomic mass is 10.1. The van der Waals surface area contributed by atoms with Crippen molar-refractivity contribution < 1.29 is 9.59 Å². The number of likely N-dealkylation sites (N-methyl/N-ethyl adjacent to an activating group) is 1. The Balaban J connectivity index is 0.00000180. The van der Waals surface area contributed by atoms with Crippen LogP contribution in [-0.4, -0.2) is 42.8 Å². The number of nitrogens with zero attached hydrogens (tertiary/aromatic N) is 1. The highest BCUT2D eigenvalue weighted by molar-refractivity contribution is 7.12. The highest BCUT2D eigenvalue weighted by Gasteiger charge is 2.23. The molecule has 106 valence electrons. The molecule has 1 atom stereocenters. The van der Waals surface area contributed by atoms with Crippen molar-refractivity contribution in [3.63, 3.8) is 0 Å². The Morgan fingerprint density at radius 3 is 2.84 bits per heavy atom. The SMILES string of the molecule is CN(C(=O)CCC(=O)c1cccs1)C1CCNC1.Cl. The van der Waals surface area contributed by atoms with Crippen molar-refractivity contribution in [2.24, 2.45) is 0 Å². The molecule has 1 fully saturated rings. The number of amides is 1. The molecule has 0 spiro atoms. The summed E-state index contributed by atoms with van der Waals surface area (Å²) in [5.41, 5.74) is 0. The maximum absolute atomic E-state index is 12.0. The Hall–Kier alpha value is -0.910. The Bertz CT molecular complexity index is 416. The second-order valence-corrected chi connectivity index (χ2v) is 5.50. The van der Waals surface area contributed by atoms with Gasteiger partial charge in [-0.25, -0.2) is 0 Å². The summed E-state index contributed by atoms with van der Waals surface area (Å²) in [5, 5.41) is 5.12. The van der Waals surface area contributed by atoms with E-state index in [-0.39, 0.29) is 30.1 Å². The number of carbonyl (C=O) groups excluding carboxylic acids is 2. The van der Waals surface area contributed by atoms with Crippen molar-refractivity contribution in [3.05, 3.63) is 22.4 Å². The molecule has 0 saturated carbocycles. The van der Waals surface area contributed by atoms with Gasteiger partial charge >= 0.3 is 0 Å². The molecule has 2 heterocycles. The first-order valence-corrected chi connectivity index (χ1v) is 7.09. The van der Waals surface area contributed by atoms with Gasteiger partial charge in [-0.3, -0.25) is 9.59 Å². The van der Waals surface area contributed by atoms with Gasteiger partial charge in [-0.1, -0.05) is 6.07 Å². The zero-order valence-corrected chi connectivity index (χ0v) is 12.6. The molecule has 0 radical (unpaired) electrons. The smallest absolute Gasteiger partial charge is 0.223 e. The van der Waals surface area contributed by atoms with E-state index in [1.807, 2.05) is 24.6 Å². The molecule has 0 aliphatic carbocycles. The van der Waals surface area contributed by atoms with Gasteiger partial charge in [-0.05, 0) is 24.4 Å². The minimum Gasteiger partial charge on any atom is -0.341 e. The summed E-state index contributed by atoms with van der Waals surface area (Å²) in [6.07, 6.45) is 1.62. The van der Waals surface area contributed by atoms with E-state index in [4.69, 9.17) is 0 Å². The average molecular weight is 303 g/mol. The van der Waals surface area contributed by atoms with E-state index in [0.29, 0.717) is 12.8 Å². The number of hydrogen-bond acceptors (Lipinski definition) is 4. The second kappa shape index (κ2) is 7.62. The van der Waals surface area contributed by atoms with Gasteiger partial charge in [0.2, 0.25) is 5.91 Å². The van der Waals surface area contributed by atoms with Crippen molar-refractivity contribution in [1.29, 1.82) is 0 Å². The summed E-state index contributed by atoms with van der Waals surface area (Å²) in [5.74, 6) is 0.130. The standard InChI is InChI=1S/C13H18N2O2S.ClH/c1-15(10-6-7-14-9-10)13(17)5-4-11(16)12-3-2-8-18-12;/h2-3,8,10,14H,4-7,9H2,1H3;1H. The van der Waals surface area contributed by atoms with Crippen LogP contribution in [0.1, 0.15) is 28.9 Å². The number of thiophene rings is 1. The van der Waals surface area contributed by atoms with Crippen LogP contribution in [0, 0.1) is 0 Å². The Morgan fingerprint density at radius 2 is 2.26 bits per heavy atom. The van der Waals surface area contributed by atoms with Gasteiger partial charge in [0.15, 0.2) is 5.78 Å². The predicted octanol–water partition coefficient (Wildman–Crippen LogP) is 1.95. The Morgan fingerprint density at radius 1 is 1.47 bits per heavy atom. The topological polar surface area (TPSA) is 49.4 Å². The van der Waals surface area contributed by atoms with Crippen LogP contribution in [0.15, 0.2) is 17.5 Å². The van der Waals surface area contributed by atoms with Crippen molar-refractivity contribution in [3.8, 4) is 0 Å². The molecule has 2 rings (SSSR count). The molecule has 1 unspecified atom stereocenters. The summed E-state index contributed by atoms with van der Waals surface area (Å²) in [7, 11) is 1.83. The predicted molar refractivity (Wildman–Crippen MR) is 79.2 cm³/mol. The fourth-order valence-corrected chi connectivity index (χ4v) is 2.83.